The van der Waals surface area contributed by atoms with Gasteiger partial charge in [0.1, 0.15) is 10.6 Å². The first-order valence-corrected chi connectivity index (χ1v) is 11.4. The molecule has 0 unspecified atom stereocenters. The fourth-order valence-electron chi connectivity index (χ4n) is 2.94. The van der Waals surface area contributed by atoms with Crippen molar-refractivity contribution in [2.75, 3.05) is 0 Å². The van der Waals surface area contributed by atoms with E-state index < -0.39 is 35.8 Å². The molecule has 0 bridgehead atoms. The number of fused-ring (bicyclic) bond motifs is 1. The van der Waals surface area contributed by atoms with Gasteiger partial charge in [0, 0.05) is 64.5 Å². The van der Waals surface area contributed by atoms with Crippen LogP contribution < -0.4 is 0 Å². The Hall–Kier alpha value is -0.860. The van der Waals surface area contributed by atoms with E-state index in [1.54, 1.807) is 6.07 Å². The van der Waals surface area contributed by atoms with Gasteiger partial charge in [-0.3, -0.25) is 9.11 Å². The standard InChI is InChI=1S/C19H18N2O7S2.2Na/c1-10-6-12(3)16(7-11(10)2)20-21-18-15-5-4-14(29(23,24)25)8-13(15)9-17(19(18)22)30(26,27)28;;/h4-9,22H,1-3H3,(H,23,24,25)(H,26,27,28);;. The summed E-state index contributed by atoms with van der Waals surface area (Å²) in [6, 6.07) is 7.87. The number of aromatic hydroxyl groups is 1. The molecule has 0 atom stereocenters. The molecule has 9 nitrogen and oxygen atoms in total. The quantitative estimate of drug-likeness (QED) is 0.283. The van der Waals surface area contributed by atoms with Crippen molar-refractivity contribution in [1.29, 1.82) is 0 Å². The van der Waals surface area contributed by atoms with Crippen LogP contribution in [0.1, 0.15) is 16.7 Å². The van der Waals surface area contributed by atoms with E-state index in [-0.39, 0.29) is 75.6 Å². The van der Waals surface area contributed by atoms with Gasteiger partial charge in [-0.25, -0.2) is 0 Å². The molecule has 3 rings (SSSR count). The number of azo groups is 1. The largest absolute Gasteiger partial charge is 0.504 e. The van der Waals surface area contributed by atoms with E-state index in [0.29, 0.717) is 5.69 Å². The Kier molecular flexibility index (Phi) is 9.66. The molecule has 0 amide bonds. The van der Waals surface area contributed by atoms with Gasteiger partial charge in [0.25, 0.3) is 20.2 Å². The van der Waals surface area contributed by atoms with Crippen molar-refractivity contribution in [3.05, 3.63) is 53.1 Å². The van der Waals surface area contributed by atoms with Crippen LogP contribution in [0.25, 0.3) is 10.8 Å². The zero-order chi connectivity index (χ0) is 22.4. The summed E-state index contributed by atoms with van der Waals surface area (Å²) < 4.78 is 64.9. The van der Waals surface area contributed by atoms with Crippen LogP contribution in [0.15, 0.2) is 56.4 Å². The van der Waals surface area contributed by atoms with Crippen LogP contribution in [0.4, 0.5) is 11.4 Å². The molecule has 0 aliphatic rings. The molecule has 3 aromatic carbocycles. The molecule has 3 aromatic rings. The normalized spacial score (nSPS) is 11.9. The van der Waals surface area contributed by atoms with Gasteiger partial charge >= 0.3 is 0 Å². The van der Waals surface area contributed by atoms with Crippen molar-refractivity contribution in [3.63, 3.8) is 0 Å². The van der Waals surface area contributed by atoms with Gasteiger partial charge < -0.3 is 5.11 Å². The average molecular weight is 496 g/mol. The maximum absolute atomic E-state index is 11.7. The fraction of sp³-hybridized carbons (Fsp3) is 0.158. The predicted molar refractivity (Wildman–Crippen MR) is 122 cm³/mol. The van der Waals surface area contributed by atoms with Crippen molar-refractivity contribution in [3.8, 4) is 5.75 Å². The number of hydrogen-bond donors (Lipinski definition) is 3. The van der Waals surface area contributed by atoms with Gasteiger partial charge in [-0.05, 0) is 67.1 Å². The number of benzene rings is 3. The molecular weight excluding hydrogens is 478 g/mol. The third-order valence-electron chi connectivity index (χ3n) is 4.67. The average Bonchev–Trinajstić information content (AvgIpc) is 2.62. The molecule has 13 heteroatoms. The van der Waals surface area contributed by atoms with Crippen molar-refractivity contribution in [1.82, 2.24) is 0 Å². The number of hydrogen-bond acceptors (Lipinski definition) is 7. The van der Waals surface area contributed by atoms with E-state index in [2.05, 4.69) is 10.2 Å². The summed E-state index contributed by atoms with van der Waals surface area (Å²) >= 11 is 0. The minimum atomic E-state index is -4.86. The number of nitrogens with zero attached hydrogens (tertiary/aromatic N) is 2. The maximum Gasteiger partial charge on any atom is 0.298 e. The van der Waals surface area contributed by atoms with Gasteiger partial charge in [0.15, 0.2) is 5.75 Å². The molecule has 0 spiro atoms. The van der Waals surface area contributed by atoms with E-state index >= 15 is 0 Å². The number of phenolic OH excluding ortho intramolecular Hbond substituents is 1. The third-order valence-corrected chi connectivity index (χ3v) is 6.38. The molecule has 0 heterocycles. The predicted octanol–water partition coefficient (Wildman–Crippen LogP) is 3.62. The number of rotatable bonds is 4. The summed E-state index contributed by atoms with van der Waals surface area (Å²) in [6.07, 6.45) is 0. The monoisotopic (exact) mass is 496 g/mol. The summed E-state index contributed by atoms with van der Waals surface area (Å²) in [5.74, 6) is -0.838. The Balaban J connectivity index is 0.00000256. The Morgan fingerprint density at radius 2 is 1.34 bits per heavy atom. The molecule has 160 valence electrons. The smallest absolute Gasteiger partial charge is 0.298 e. The number of aryl methyl sites for hydroxylation is 3. The molecule has 0 saturated heterocycles. The summed E-state index contributed by atoms with van der Waals surface area (Å²) in [6.45, 7) is 5.63. The first kappa shape index (κ1) is 29.2. The molecule has 0 aliphatic heterocycles. The van der Waals surface area contributed by atoms with Crippen LogP contribution >= 0.6 is 0 Å². The zero-order valence-electron chi connectivity index (χ0n) is 18.1. The molecular formula is C19H18N2Na2O7S2. The van der Waals surface area contributed by atoms with Crippen LogP contribution in [0.5, 0.6) is 5.75 Å². The summed E-state index contributed by atoms with van der Waals surface area (Å²) in [7, 11) is -9.43. The second-order valence-electron chi connectivity index (χ2n) is 6.83. The van der Waals surface area contributed by atoms with Gasteiger partial charge in [0.05, 0.1) is 10.6 Å². The zero-order valence-corrected chi connectivity index (χ0v) is 23.8. The first-order valence-electron chi connectivity index (χ1n) is 8.53. The maximum atomic E-state index is 11.7. The Morgan fingerprint density at radius 1 is 0.750 bits per heavy atom. The second-order valence-corrected chi connectivity index (χ2v) is 9.64. The van der Waals surface area contributed by atoms with Gasteiger partial charge in [-0.15, -0.1) is 5.11 Å². The Morgan fingerprint density at radius 3 is 1.91 bits per heavy atom. The summed E-state index contributed by atoms with van der Waals surface area (Å²) in [5, 5.41) is 18.7. The summed E-state index contributed by atoms with van der Waals surface area (Å²) in [4.78, 5) is -1.36. The minimum absolute atomic E-state index is 0. The van der Waals surface area contributed by atoms with Gasteiger partial charge in [-0.2, -0.15) is 21.9 Å². The van der Waals surface area contributed by atoms with Gasteiger partial charge in [-0.1, -0.05) is 12.1 Å². The van der Waals surface area contributed by atoms with E-state index in [4.69, 9.17) is 0 Å². The molecule has 0 aromatic heterocycles. The van der Waals surface area contributed by atoms with Crippen LogP contribution in [0, 0.1) is 20.8 Å². The van der Waals surface area contributed by atoms with E-state index in [0.717, 1.165) is 34.9 Å². The van der Waals surface area contributed by atoms with E-state index in [1.165, 1.54) is 6.07 Å². The molecule has 3 N–H and O–H groups in total. The van der Waals surface area contributed by atoms with Crippen molar-refractivity contribution in [2.45, 2.75) is 30.6 Å². The van der Waals surface area contributed by atoms with Crippen LogP contribution in [-0.2, 0) is 20.2 Å². The van der Waals surface area contributed by atoms with Gasteiger partial charge in [0.2, 0.25) is 0 Å². The molecule has 2 radical (unpaired) electrons. The van der Waals surface area contributed by atoms with Crippen LogP contribution in [-0.4, -0.2) is 90.2 Å². The molecule has 32 heavy (non-hydrogen) atoms. The second kappa shape index (κ2) is 10.6. The molecule has 0 saturated carbocycles. The van der Waals surface area contributed by atoms with Crippen LogP contribution in [0.3, 0.4) is 0 Å². The first-order chi connectivity index (χ1) is 13.8. The van der Waals surface area contributed by atoms with E-state index in [1.807, 2.05) is 26.8 Å². The topological polar surface area (TPSA) is 154 Å². The van der Waals surface area contributed by atoms with Crippen LogP contribution in [0.2, 0.25) is 0 Å². The SMILES string of the molecule is Cc1cc(C)c(N=Nc2c(O)c(S(=O)(=O)O)cc3cc(S(=O)(=O)O)ccc23)cc1C.[Na].[Na]. The van der Waals surface area contributed by atoms with Crippen molar-refractivity contribution >= 4 is 101 Å². The molecule has 0 aliphatic carbocycles. The van der Waals surface area contributed by atoms with Crippen molar-refractivity contribution in [2.24, 2.45) is 10.2 Å². The number of phenols is 1. The van der Waals surface area contributed by atoms with E-state index in [9.17, 15) is 31.0 Å². The Bertz CT molecular complexity index is 1440. The Labute approximate surface area is 230 Å². The third kappa shape index (κ3) is 6.17. The minimum Gasteiger partial charge on any atom is -0.504 e. The summed E-state index contributed by atoms with van der Waals surface area (Å²) in [5.41, 5.74) is 3.00. The molecule has 0 fully saturated rings. The van der Waals surface area contributed by atoms with Crippen molar-refractivity contribution < 1.29 is 31.0 Å². The fourth-order valence-corrected chi connectivity index (χ4v) is 4.08.